The second-order valence-electron chi connectivity index (χ2n) is 9.16. The van der Waals surface area contributed by atoms with Crippen LogP contribution < -0.4 is 9.47 Å². The summed E-state index contributed by atoms with van der Waals surface area (Å²) in [5.74, 6) is 1.53. The van der Waals surface area contributed by atoms with Crippen LogP contribution in [0.5, 0.6) is 11.5 Å². The van der Waals surface area contributed by atoms with E-state index in [4.69, 9.17) is 14.9 Å². The molecule has 0 unspecified atom stereocenters. The molecule has 3 aliphatic rings. The Morgan fingerprint density at radius 2 is 1.89 bits per heavy atom. The van der Waals surface area contributed by atoms with Crippen molar-refractivity contribution in [2.24, 2.45) is 16.0 Å². The summed E-state index contributed by atoms with van der Waals surface area (Å²) in [4.78, 5) is 17.0. The summed E-state index contributed by atoms with van der Waals surface area (Å²) in [5, 5.41) is 16.3. The third kappa shape index (κ3) is 5.85. The Morgan fingerprint density at radius 3 is 2.73 bits per heavy atom. The molecule has 1 N–H and O–H groups in total. The van der Waals surface area contributed by atoms with E-state index in [1.165, 1.54) is 36.0 Å². The molecule has 0 atom stereocenters. The average Bonchev–Trinajstić information content (AvgIpc) is 3.35. The van der Waals surface area contributed by atoms with Crippen molar-refractivity contribution in [3.8, 4) is 11.5 Å². The molecule has 1 amide bonds. The number of carbonyl (C=O) groups is 1. The molecule has 0 radical (unpaired) electrons. The zero-order chi connectivity index (χ0) is 25.6. The van der Waals surface area contributed by atoms with Gasteiger partial charge in [0.05, 0.1) is 5.57 Å². The SMILES string of the molecule is C=CCc1ccccc1OCCOc1cccc(/C=C2/C(=N)N3N=C(C4CCCCC4)SC3=NC2=O)c1. The fourth-order valence-electron chi connectivity index (χ4n) is 4.66. The fraction of sp³-hybridized carbons (Fsp3) is 0.310. The van der Waals surface area contributed by atoms with Crippen molar-refractivity contribution < 1.29 is 14.3 Å². The number of rotatable bonds is 9. The van der Waals surface area contributed by atoms with E-state index in [2.05, 4.69) is 16.7 Å². The molecular formula is C29H30N4O3S. The fourth-order valence-corrected chi connectivity index (χ4v) is 5.72. The minimum Gasteiger partial charge on any atom is -0.490 e. The van der Waals surface area contributed by atoms with Gasteiger partial charge in [0, 0.05) is 5.92 Å². The maximum Gasteiger partial charge on any atom is 0.283 e. The molecule has 2 heterocycles. The van der Waals surface area contributed by atoms with Crippen molar-refractivity contribution in [2.45, 2.75) is 38.5 Å². The zero-order valence-electron chi connectivity index (χ0n) is 20.7. The summed E-state index contributed by atoms with van der Waals surface area (Å²) >= 11 is 1.43. The van der Waals surface area contributed by atoms with Gasteiger partial charge in [0.25, 0.3) is 5.91 Å². The number of thioether (sulfide) groups is 1. The second kappa shape index (κ2) is 11.6. The summed E-state index contributed by atoms with van der Waals surface area (Å²) in [6.07, 6.45) is 10.2. The number of amides is 1. The van der Waals surface area contributed by atoms with E-state index in [9.17, 15) is 4.79 Å². The van der Waals surface area contributed by atoms with Crippen molar-refractivity contribution in [1.29, 1.82) is 5.41 Å². The summed E-state index contributed by atoms with van der Waals surface area (Å²) in [6, 6.07) is 15.3. The van der Waals surface area contributed by atoms with Gasteiger partial charge in [0.15, 0.2) is 5.84 Å². The number of benzene rings is 2. The molecule has 8 heteroatoms. The maximum atomic E-state index is 12.8. The molecule has 2 aliphatic heterocycles. The molecule has 0 bridgehead atoms. The van der Waals surface area contributed by atoms with Gasteiger partial charge in [-0.2, -0.15) is 15.1 Å². The van der Waals surface area contributed by atoms with Crippen LogP contribution in [-0.2, 0) is 11.2 Å². The minimum atomic E-state index is -0.415. The molecule has 2 aromatic carbocycles. The molecule has 5 rings (SSSR count). The Balaban J connectivity index is 1.22. The van der Waals surface area contributed by atoms with E-state index in [0.717, 1.165) is 41.2 Å². The molecular weight excluding hydrogens is 484 g/mol. The quantitative estimate of drug-likeness (QED) is 0.249. The smallest absolute Gasteiger partial charge is 0.283 e. The van der Waals surface area contributed by atoms with E-state index in [0.29, 0.717) is 30.0 Å². The van der Waals surface area contributed by atoms with Crippen LogP contribution in [0.2, 0.25) is 0 Å². The Bertz CT molecular complexity index is 1290. The predicted molar refractivity (Wildman–Crippen MR) is 149 cm³/mol. The van der Waals surface area contributed by atoms with Crippen LogP contribution in [0.4, 0.5) is 0 Å². The number of carbonyl (C=O) groups excluding carboxylic acids is 1. The monoisotopic (exact) mass is 514 g/mol. The van der Waals surface area contributed by atoms with Crippen molar-refractivity contribution in [2.75, 3.05) is 13.2 Å². The Morgan fingerprint density at radius 1 is 1.08 bits per heavy atom. The van der Waals surface area contributed by atoms with E-state index < -0.39 is 5.91 Å². The first-order chi connectivity index (χ1) is 18.1. The van der Waals surface area contributed by atoms with Gasteiger partial charge in [-0.25, -0.2) is 0 Å². The van der Waals surface area contributed by atoms with Crippen LogP contribution in [0, 0.1) is 11.3 Å². The molecule has 0 aromatic heterocycles. The molecule has 1 fully saturated rings. The van der Waals surface area contributed by atoms with E-state index in [1.807, 2.05) is 54.6 Å². The molecule has 0 spiro atoms. The van der Waals surface area contributed by atoms with Crippen LogP contribution in [0.25, 0.3) is 6.08 Å². The Kier molecular flexibility index (Phi) is 7.84. The lowest BCUT2D eigenvalue weighted by Gasteiger charge is -2.20. The maximum absolute atomic E-state index is 12.8. The first-order valence-corrected chi connectivity index (χ1v) is 13.5. The number of aliphatic imine (C=N–C) groups is 1. The molecule has 0 saturated heterocycles. The third-order valence-corrected chi connectivity index (χ3v) is 7.61. The number of amidine groups is 2. The second-order valence-corrected chi connectivity index (χ2v) is 10.2. The van der Waals surface area contributed by atoms with Gasteiger partial charge >= 0.3 is 0 Å². The third-order valence-electron chi connectivity index (χ3n) is 6.54. The first-order valence-electron chi connectivity index (χ1n) is 12.7. The Hall–Kier alpha value is -3.65. The molecule has 2 aromatic rings. The van der Waals surface area contributed by atoms with Gasteiger partial charge in [0.2, 0.25) is 5.17 Å². The van der Waals surface area contributed by atoms with Gasteiger partial charge in [-0.3, -0.25) is 10.2 Å². The van der Waals surface area contributed by atoms with Gasteiger partial charge < -0.3 is 9.47 Å². The standard InChI is InChI=1S/C29H30N4O3S/c1-2-9-21-11-6-7-15-25(21)36-17-16-35-23-14-8-10-20(18-23)19-24-26(30)33-29(31-27(24)34)37-28(32-33)22-12-4-3-5-13-22/h2,6-8,10-11,14-15,18-19,22,30H,1,3-5,9,12-13,16-17H2/b24-19-,30-26?. The Labute approximate surface area is 221 Å². The van der Waals surface area contributed by atoms with Crippen molar-refractivity contribution in [3.05, 3.63) is 77.9 Å². The number of fused-ring (bicyclic) bond motifs is 1. The van der Waals surface area contributed by atoms with Crippen molar-refractivity contribution in [3.63, 3.8) is 0 Å². The highest BCUT2D eigenvalue weighted by molar-refractivity contribution is 8.27. The van der Waals surface area contributed by atoms with Crippen molar-refractivity contribution in [1.82, 2.24) is 5.01 Å². The number of para-hydroxylation sites is 1. The zero-order valence-corrected chi connectivity index (χ0v) is 21.5. The van der Waals surface area contributed by atoms with Gasteiger partial charge in [-0.1, -0.05) is 55.7 Å². The van der Waals surface area contributed by atoms with Crippen LogP contribution in [0.15, 0.2) is 76.9 Å². The molecule has 37 heavy (non-hydrogen) atoms. The lowest BCUT2D eigenvalue weighted by molar-refractivity contribution is -0.114. The summed E-state index contributed by atoms with van der Waals surface area (Å²) < 4.78 is 11.8. The van der Waals surface area contributed by atoms with Crippen LogP contribution in [-0.4, -0.2) is 40.2 Å². The summed E-state index contributed by atoms with van der Waals surface area (Å²) in [7, 11) is 0. The normalized spacial score (nSPS) is 18.9. The number of hydrogen-bond donors (Lipinski definition) is 1. The molecule has 1 aliphatic carbocycles. The van der Waals surface area contributed by atoms with Crippen LogP contribution in [0.1, 0.15) is 43.2 Å². The van der Waals surface area contributed by atoms with Gasteiger partial charge in [0.1, 0.15) is 29.8 Å². The number of hydrazone groups is 1. The number of nitrogens with zero attached hydrogens (tertiary/aromatic N) is 3. The van der Waals surface area contributed by atoms with Crippen LogP contribution in [0.3, 0.4) is 0 Å². The lowest BCUT2D eigenvalue weighted by atomic mass is 9.90. The first kappa shape index (κ1) is 25.0. The molecule has 190 valence electrons. The molecule has 7 nitrogen and oxygen atoms in total. The van der Waals surface area contributed by atoms with E-state index in [-0.39, 0.29) is 11.4 Å². The van der Waals surface area contributed by atoms with Gasteiger partial charge in [-0.05, 0) is 66.4 Å². The lowest BCUT2D eigenvalue weighted by Crippen LogP contribution is -2.35. The minimum absolute atomic E-state index is 0.0613. The number of ether oxygens (including phenoxy) is 2. The largest absolute Gasteiger partial charge is 0.490 e. The average molecular weight is 515 g/mol. The van der Waals surface area contributed by atoms with E-state index in [1.54, 1.807) is 6.08 Å². The number of hydrogen-bond acceptors (Lipinski definition) is 6. The summed E-state index contributed by atoms with van der Waals surface area (Å²) in [5.41, 5.74) is 2.06. The predicted octanol–water partition coefficient (Wildman–Crippen LogP) is 6.07. The highest BCUT2D eigenvalue weighted by atomic mass is 32.2. The van der Waals surface area contributed by atoms with Gasteiger partial charge in [-0.15, -0.1) is 6.58 Å². The summed E-state index contributed by atoms with van der Waals surface area (Å²) in [6.45, 7) is 4.56. The highest BCUT2D eigenvalue weighted by Gasteiger charge is 2.37. The number of allylic oxidation sites excluding steroid dienone is 1. The van der Waals surface area contributed by atoms with E-state index >= 15 is 0 Å². The number of nitrogens with one attached hydrogen (secondary N) is 1. The highest BCUT2D eigenvalue weighted by Crippen LogP contribution is 2.36. The van der Waals surface area contributed by atoms with Crippen LogP contribution >= 0.6 is 11.8 Å². The van der Waals surface area contributed by atoms with Crippen molar-refractivity contribution >= 4 is 39.8 Å². The topological polar surface area (TPSA) is 87.3 Å². The molecule has 1 saturated carbocycles.